The van der Waals surface area contributed by atoms with Gasteiger partial charge in [0.25, 0.3) is 13.4 Å². The fourth-order valence-electron chi connectivity index (χ4n) is 7.56. The molecule has 28 heteroatoms. The number of aliphatic hydroxyl groups excluding tert-OH is 8. The molecule has 20 atom stereocenters. The number of aromatic amines is 1. The summed E-state index contributed by atoms with van der Waals surface area (Å²) in [4.78, 5) is 52.1. The van der Waals surface area contributed by atoms with E-state index < -0.39 is 154 Å². The molecule has 1 aliphatic carbocycles. The molecule has 22 N–H and O–H groups in total. The van der Waals surface area contributed by atoms with E-state index in [2.05, 4.69) is 33.2 Å². The molecular formula is C32H59N7O20P+3. The Morgan fingerprint density at radius 1 is 0.950 bits per heavy atom. The Balaban J connectivity index is 1.26. The number of phosphoric ester groups is 1. The number of hydrogen-bond acceptors (Lipinski definition) is 20. The number of nitrogens with zero attached hydrogens (tertiary/aromatic N) is 1. The molecule has 5 rings (SSSR count). The predicted octanol–water partition coefficient (Wildman–Crippen LogP) is -12.3. The van der Waals surface area contributed by atoms with Gasteiger partial charge >= 0.3 is 5.69 Å². The lowest BCUT2D eigenvalue weighted by Crippen LogP contribution is -2.80. The zero-order valence-corrected chi connectivity index (χ0v) is 33.6. The summed E-state index contributed by atoms with van der Waals surface area (Å²) in [7, 11) is -5.39. The van der Waals surface area contributed by atoms with Gasteiger partial charge in [0.1, 0.15) is 92.0 Å². The fraction of sp³-hybridized carbons (Fsp3) is 0.844. The van der Waals surface area contributed by atoms with Gasteiger partial charge in [-0.1, -0.05) is 0 Å². The molecular weight excluding hydrogens is 833 g/mol. The Morgan fingerprint density at radius 2 is 1.60 bits per heavy atom. The standard InChI is InChI=1S/C32H56N7O20P/c1-10-7-39(32(50)38-28(10)48)18-5-14(42)17(54-18)9-53-60(51,52)59-27-15(6-34)55-31(23(46)22(27)45)57-25-11(35)4-12(37-29(49)13(41)2-3-33)26(24(25)47)58-30-21(44)19(36)20(43)16(8-40)56-30/h7,11-27,30-31,40-47H,2-6,8-9,33-36H2,1H3,(H,37,49)(H,51,52)(H,38,48,50)/p+3/t11-,12+,13-,14-,15+,16+,17+,18+,19-,20+,21+,22+,23+,24-,25+,26-,27+,30+,31+/m0/s1. The molecule has 27 nitrogen and oxygen atoms in total. The maximum atomic E-state index is 13.0. The van der Waals surface area contributed by atoms with Crippen LogP contribution in [0.3, 0.4) is 0 Å². The normalized spacial score (nSPS) is 41.4. The van der Waals surface area contributed by atoms with E-state index in [-0.39, 0.29) is 37.9 Å². The van der Waals surface area contributed by atoms with E-state index in [1.54, 1.807) is 0 Å². The highest BCUT2D eigenvalue weighted by atomic mass is 31.2. The first kappa shape index (κ1) is 48.6. The van der Waals surface area contributed by atoms with E-state index in [1.807, 2.05) is 0 Å². The van der Waals surface area contributed by atoms with Crippen LogP contribution in [0.2, 0.25) is 0 Å². The van der Waals surface area contributed by atoms with Gasteiger partial charge < -0.3 is 107 Å². The summed E-state index contributed by atoms with van der Waals surface area (Å²) in [6, 6.07) is -3.18. The smallest absolute Gasteiger partial charge is 0.330 e. The molecule has 1 unspecified atom stereocenters. The average molecular weight is 893 g/mol. The second kappa shape index (κ2) is 20.4. The van der Waals surface area contributed by atoms with Gasteiger partial charge in [-0.3, -0.25) is 23.7 Å². The highest BCUT2D eigenvalue weighted by molar-refractivity contribution is 7.45. The number of amides is 1. The van der Waals surface area contributed by atoms with Gasteiger partial charge in [-0.2, -0.15) is 0 Å². The number of quaternary nitrogens is 4. The Morgan fingerprint density at radius 3 is 2.25 bits per heavy atom. The van der Waals surface area contributed by atoms with E-state index in [1.165, 1.54) is 13.1 Å². The third-order valence-electron chi connectivity index (χ3n) is 11.0. The van der Waals surface area contributed by atoms with Gasteiger partial charge in [-0.15, -0.1) is 0 Å². The topological polar surface area (TPSA) is 461 Å². The summed E-state index contributed by atoms with van der Waals surface area (Å²) in [5.41, 5.74) is 13.8. The van der Waals surface area contributed by atoms with Crippen molar-refractivity contribution in [1.82, 2.24) is 14.9 Å². The van der Waals surface area contributed by atoms with Crippen LogP contribution in [0.4, 0.5) is 0 Å². The summed E-state index contributed by atoms with van der Waals surface area (Å²) >= 11 is 0. The Bertz CT molecular complexity index is 1760. The summed E-state index contributed by atoms with van der Waals surface area (Å²) < 4.78 is 53.1. The van der Waals surface area contributed by atoms with Crippen LogP contribution in [0, 0.1) is 6.92 Å². The molecule has 1 aromatic heterocycles. The van der Waals surface area contributed by atoms with Gasteiger partial charge in [-0.25, -0.2) is 4.79 Å². The molecule has 3 aliphatic heterocycles. The Labute approximate surface area is 340 Å². The molecule has 0 radical (unpaired) electrons. The number of carbonyl (C=O) groups excluding carboxylic acids is 1. The zero-order chi connectivity index (χ0) is 44.4. The van der Waals surface area contributed by atoms with Crippen molar-refractivity contribution in [3.63, 3.8) is 0 Å². The van der Waals surface area contributed by atoms with Crippen LogP contribution in [0.25, 0.3) is 0 Å². The van der Waals surface area contributed by atoms with Crippen LogP contribution in [-0.4, -0.2) is 193 Å². The van der Waals surface area contributed by atoms with E-state index in [0.29, 0.717) is 0 Å². The summed E-state index contributed by atoms with van der Waals surface area (Å²) in [6.45, 7) is -0.101. The lowest BCUT2D eigenvalue weighted by Gasteiger charge is -2.48. The first-order chi connectivity index (χ1) is 28.2. The van der Waals surface area contributed by atoms with Crippen molar-refractivity contribution in [3.8, 4) is 0 Å². The van der Waals surface area contributed by atoms with Crippen molar-refractivity contribution >= 4 is 13.7 Å². The summed E-state index contributed by atoms with van der Waals surface area (Å²) in [6.07, 6.45) is -23.9. The number of aromatic nitrogens is 2. The average Bonchev–Trinajstić information content (AvgIpc) is 3.57. The van der Waals surface area contributed by atoms with Gasteiger partial charge in [-0.05, 0) is 6.92 Å². The van der Waals surface area contributed by atoms with Crippen molar-refractivity contribution in [2.24, 2.45) is 0 Å². The van der Waals surface area contributed by atoms with Gasteiger partial charge in [0, 0.05) is 31.0 Å². The molecule has 3 saturated heterocycles. The van der Waals surface area contributed by atoms with Crippen LogP contribution in [0.1, 0.15) is 31.1 Å². The molecule has 344 valence electrons. The predicted molar refractivity (Wildman–Crippen MR) is 189 cm³/mol. The van der Waals surface area contributed by atoms with Gasteiger partial charge in [0.05, 0.1) is 31.9 Å². The van der Waals surface area contributed by atoms with E-state index in [0.717, 1.165) is 4.57 Å². The first-order valence-electron chi connectivity index (χ1n) is 19.4. The van der Waals surface area contributed by atoms with Crippen LogP contribution in [-0.2, 0) is 42.1 Å². The lowest BCUT2D eigenvalue weighted by atomic mass is 9.83. The van der Waals surface area contributed by atoms with Crippen molar-refractivity contribution < 1.29 is 111 Å². The van der Waals surface area contributed by atoms with Gasteiger partial charge in [0.15, 0.2) is 18.7 Å². The second-order valence-corrected chi connectivity index (χ2v) is 16.7. The maximum Gasteiger partial charge on any atom is 0.330 e. The molecule has 4 fully saturated rings. The molecule has 0 aromatic carbocycles. The third kappa shape index (κ3) is 10.8. The fourth-order valence-corrected chi connectivity index (χ4v) is 8.51. The van der Waals surface area contributed by atoms with Crippen molar-refractivity contribution in [1.29, 1.82) is 0 Å². The number of H-pyrrole nitrogens is 1. The Kier molecular flexibility index (Phi) is 16.5. The van der Waals surface area contributed by atoms with Crippen molar-refractivity contribution in [2.75, 3.05) is 26.3 Å². The second-order valence-electron chi connectivity index (χ2n) is 15.4. The molecule has 0 spiro atoms. The van der Waals surface area contributed by atoms with Gasteiger partial charge in [0.2, 0.25) is 5.91 Å². The zero-order valence-electron chi connectivity index (χ0n) is 32.7. The van der Waals surface area contributed by atoms with Crippen LogP contribution in [0.5, 0.6) is 0 Å². The first-order valence-corrected chi connectivity index (χ1v) is 20.8. The minimum absolute atomic E-state index is 0.00238. The maximum absolute atomic E-state index is 13.0. The third-order valence-corrected chi connectivity index (χ3v) is 12.0. The molecule has 1 aromatic rings. The number of aryl methyl sites for hydroxylation is 1. The molecule has 1 amide bonds. The molecule has 1 saturated carbocycles. The number of nitrogens with one attached hydrogen (secondary N) is 2. The quantitative estimate of drug-likeness (QED) is 0.0685. The molecule has 0 bridgehead atoms. The highest BCUT2D eigenvalue weighted by Gasteiger charge is 2.55. The SMILES string of the molecule is Cc1cn([C@H]2C[C@H](O)[C@@H](COP(=O)([O-])O[C@H]3[C@H](O)[C@@H](O)[C@@H](O[C@H]4[C@H](O)[C@@H](O[C@H]5O[C@H](CO)[C@@H](O)[C@H]([NH3+])[C@H]5O)[C@H](NC(=O)[C@@H](O)CC[NH3+])C[C@@H]4[NH3+])O[C@@H]3C[NH3+])O2)c(=O)[nH]c1=O. The number of aliphatic hydroxyl groups is 8. The van der Waals surface area contributed by atoms with E-state index >= 15 is 0 Å². The minimum Gasteiger partial charge on any atom is -0.756 e. The van der Waals surface area contributed by atoms with Crippen LogP contribution >= 0.6 is 7.82 Å². The number of phosphoric acid groups is 1. The number of hydrogen-bond donors (Lipinski definition) is 14. The van der Waals surface area contributed by atoms with E-state index in [4.69, 9.17) is 32.7 Å². The van der Waals surface area contributed by atoms with Crippen molar-refractivity contribution in [3.05, 3.63) is 32.6 Å². The Hall–Kier alpha value is -2.42. The van der Waals surface area contributed by atoms with Crippen molar-refractivity contribution in [2.45, 2.75) is 142 Å². The number of rotatable bonds is 16. The number of ether oxygens (including phenoxy) is 5. The minimum atomic E-state index is -5.39. The molecule has 4 aliphatic rings. The lowest BCUT2D eigenvalue weighted by molar-refractivity contribution is -0.494. The van der Waals surface area contributed by atoms with E-state index in [9.17, 15) is 64.7 Å². The van der Waals surface area contributed by atoms with Crippen LogP contribution < -0.4 is 44.4 Å². The summed E-state index contributed by atoms with van der Waals surface area (Å²) in [5, 5.41) is 88.4. The summed E-state index contributed by atoms with van der Waals surface area (Å²) in [5.74, 6) is -0.841. The molecule has 4 heterocycles. The van der Waals surface area contributed by atoms with Crippen LogP contribution in [0.15, 0.2) is 15.8 Å². The highest BCUT2D eigenvalue weighted by Crippen LogP contribution is 2.44. The largest absolute Gasteiger partial charge is 0.756 e. The number of carbonyl (C=O) groups is 1. The molecule has 60 heavy (non-hydrogen) atoms. The monoisotopic (exact) mass is 892 g/mol.